The van der Waals surface area contributed by atoms with Gasteiger partial charge >= 0.3 is 0 Å². The van der Waals surface area contributed by atoms with E-state index in [1.54, 1.807) is 6.07 Å². The van der Waals surface area contributed by atoms with Crippen LogP contribution in [0.5, 0.6) is 0 Å². The SMILES string of the molecule is CCCC(C)Nc1cc(N)nc(-c2ccccc2)n1. The van der Waals surface area contributed by atoms with E-state index in [1.807, 2.05) is 30.3 Å². The summed E-state index contributed by atoms with van der Waals surface area (Å²) in [5, 5.41) is 3.36. The molecule has 1 aromatic carbocycles. The Labute approximate surface area is 114 Å². The van der Waals surface area contributed by atoms with Gasteiger partial charge in [0.25, 0.3) is 0 Å². The Hall–Kier alpha value is -2.10. The summed E-state index contributed by atoms with van der Waals surface area (Å²) in [5.74, 6) is 1.93. The van der Waals surface area contributed by atoms with Gasteiger partial charge in [0.05, 0.1) is 0 Å². The highest BCUT2D eigenvalue weighted by molar-refractivity contribution is 5.60. The van der Waals surface area contributed by atoms with Gasteiger partial charge in [-0.1, -0.05) is 43.7 Å². The molecule has 0 bridgehead atoms. The third kappa shape index (κ3) is 3.68. The van der Waals surface area contributed by atoms with Gasteiger partial charge < -0.3 is 11.1 Å². The third-order valence-corrected chi connectivity index (χ3v) is 2.89. The molecule has 1 unspecified atom stereocenters. The highest BCUT2D eigenvalue weighted by atomic mass is 15.1. The van der Waals surface area contributed by atoms with E-state index in [2.05, 4.69) is 29.1 Å². The molecule has 0 aliphatic heterocycles. The molecule has 4 heteroatoms. The van der Waals surface area contributed by atoms with Crippen molar-refractivity contribution in [3.8, 4) is 11.4 Å². The Kier molecular flexibility index (Phi) is 4.34. The minimum absolute atomic E-state index is 0.378. The molecule has 0 radical (unpaired) electrons. The van der Waals surface area contributed by atoms with Crippen LogP contribution in [0.4, 0.5) is 11.6 Å². The maximum atomic E-state index is 5.86. The van der Waals surface area contributed by atoms with Gasteiger partial charge in [0.2, 0.25) is 0 Å². The Morgan fingerprint density at radius 2 is 1.95 bits per heavy atom. The number of benzene rings is 1. The smallest absolute Gasteiger partial charge is 0.163 e. The van der Waals surface area contributed by atoms with Gasteiger partial charge in [0.1, 0.15) is 11.6 Å². The average molecular weight is 256 g/mol. The average Bonchev–Trinajstić information content (AvgIpc) is 2.39. The number of hydrogen-bond acceptors (Lipinski definition) is 4. The summed E-state index contributed by atoms with van der Waals surface area (Å²) in [5.41, 5.74) is 6.83. The third-order valence-electron chi connectivity index (χ3n) is 2.89. The van der Waals surface area contributed by atoms with Crippen molar-refractivity contribution in [3.63, 3.8) is 0 Å². The van der Waals surface area contributed by atoms with Crippen molar-refractivity contribution in [2.75, 3.05) is 11.1 Å². The first-order valence-electron chi connectivity index (χ1n) is 6.65. The standard InChI is InChI=1S/C15H20N4/c1-3-7-11(2)17-14-10-13(16)18-15(19-14)12-8-5-4-6-9-12/h4-6,8-11H,3,7H2,1-2H3,(H3,16,17,18,19). The van der Waals surface area contributed by atoms with E-state index in [0.29, 0.717) is 17.7 Å². The normalized spacial score (nSPS) is 12.1. The number of rotatable bonds is 5. The van der Waals surface area contributed by atoms with Crippen LogP contribution in [0.1, 0.15) is 26.7 Å². The van der Waals surface area contributed by atoms with Gasteiger partial charge in [0.15, 0.2) is 5.82 Å². The van der Waals surface area contributed by atoms with Gasteiger partial charge in [-0.25, -0.2) is 9.97 Å². The Morgan fingerprint density at radius 1 is 1.21 bits per heavy atom. The fourth-order valence-electron chi connectivity index (χ4n) is 2.01. The van der Waals surface area contributed by atoms with Crippen molar-refractivity contribution in [2.24, 2.45) is 0 Å². The van der Waals surface area contributed by atoms with E-state index in [4.69, 9.17) is 5.73 Å². The van der Waals surface area contributed by atoms with Crippen LogP contribution in [0.15, 0.2) is 36.4 Å². The molecule has 0 amide bonds. The molecule has 3 N–H and O–H groups in total. The Balaban J connectivity index is 2.25. The maximum absolute atomic E-state index is 5.86. The molecule has 1 atom stereocenters. The van der Waals surface area contributed by atoms with Crippen LogP contribution in [-0.4, -0.2) is 16.0 Å². The van der Waals surface area contributed by atoms with Gasteiger partial charge in [-0.05, 0) is 13.3 Å². The van der Waals surface area contributed by atoms with E-state index in [-0.39, 0.29) is 0 Å². The lowest BCUT2D eigenvalue weighted by Gasteiger charge is -2.14. The lowest BCUT2D eigenvalue weighted by Crippen LogP contribution is -2.16. The molecule has 0 aliphatic carbocycles. The number of aromatic nitrogens is 2. The Morgan fingerprint density at radius 3 is 2.63 bits per heavy atom. The van der Waals surface area contributed by atoms with Crippen LogP contribution in [0.2, 0.25) is 0 Å². The van der Waals surface area contributed by atoms with Crippen molar-refractivity contribution in [1.82, 2.24) is 9.97 Å². The first-order valence-corrected chi connectivity index (χ1v) is 6.65. The summed E-state index contributed by atoms with van der Waals surface area (Å²) in [6.45, 7) is 4.31. The number of nitrogens with two attached hydrogens (primary N) is 1. The lowest BCUT2D eigenvalue weighted by molar-refractivity contribution is 0.687. The zero-order valence-corrected chi connectivity index (χ0v) is 11.4. The number of nitrogens with zero attached hydrogens (tertiary/aromatic N) is 2. The highest BCUT2D eigenvalue weighted by Gasteiger charge is 2.07. The first-order chi connectivity index (χ1) is 9.19. The van der Waals surface area contributed by atoms with Crippen LogP contribution in [-0.2, 0) is 0 Å². The summed E-state index contributed by atoms with van der Waals surface area (Å²) in [6.07, 6.45) is 2.24. The molecule has 2 rings (SSSR count). The summed E-state index contributed by atoms with van der Waals surface area (Å²) in [4.78, 5) is 8.81. The van der Waals surface area contributed by atoms with Crippen LogP contribution < -0.4 is 11.1 Å². The van der Waals surface area contributed by atoms with Crippen LogP contribution in [0.25, 0.3) is 11.4 Å². The molecular weight excluding hydrogens is 236 g/mol. The molecule has 1 aromatic heterocycles. The summed E-state index contributed by atoms with van der Waals surface area (Å²) in [7, 11) is 0. The highest BCUT2D eigenvalue weighted by Crippen LogP contribution is 2.19. The zero-order chi connectivity index (χ0) is 13.7. The van der Waals surface area contributed by atoms with Crippen molar-refractivity contribution in [2.45, 2.75) is 32.7 Å². The van der Waals surface area contributed by atoms with Crippen molar-refractivity contribution in [1.29, 1.82) is 0 Å². The molecule has 0 saturated heterocycles. The molecule has 0 spiro atoms. The summed E-state index contributed by atoms with van der Waals surface area (Å²) < 4.78 is 0. The minimum atomic E-state index is 0.378. The van der Waals surface area contributed by atoms with Gasteiger partial charge in [-0.2, -0.15) is 0 Å². The summed E-state index contributed by atoms with van der Waals surface area (Å²) in [6, 6.07) is 12.0. The van der Waals surface area contributed by atoms with E-state index in [9.17, 15) is 0 Å². The summed E-state index contributed by atoms with van der Waals surface area (Å²) >= 11 is 0. The fraction of sp³-hybridized carbons (Fsp3) is 0.333. The number of nitrogens with one attached hydrogen (secondary N) is 1. The van der Waals surface area contributed by atoms with Crippen LogP contribution in [0, 0.1) is 0 Å². The van der Waals surface area contributed by atoms with Crippen LogP contribution in [0.3, 0.4) is 0 Å². The van der Waals surface area contributed by atoms with Gasteiger partial charge in [-0.15, -0.1) is 0 Å². The second-order valence-corrected chi connectivity index (χ2v) is 4.70. The molecule has 2 aromatic rings. The molecule has 0 aliphatic rings. The largest absolute Gasteiger partial charge is 0.384 e. The number of anilines is 2. The zero-order valence-electron chi connectivity index (χ0n) is 11.4. The first kappa shape index (κ1) is 13.3. The number of hydrogen-bond donors (Lipinski definition) is 2. The van der Waals surface area contributed by atoms with Gasteiger partial charge in [0, 0.05) is 17.7 Å². The van der Waals surface area contributed by atoms with E-state index in [0.717, 1.165) is 24.2 Å². The molecule has 0 saturated carbocycles. The predicted octanol–water partition coefficient (Wildman–Crippen LogP) is 3.33. The van der Waals surface area contributed by atoms with E-state index in [1.165, 1.54) is 0 Å². The molecule has 100 valence electrons. The Bertz CT molecular complexity index is 525. The van der Waals surface area contributed by atoms with Gasteiger partial charge in [-0.3, -0.25) is 0 Å². The quantitative estimate of drug-likeness (QED) is 0.861. The van der Waals surface area contributed by atoms with Crippen LogP contribution >= 0.6 is 0 Å². The minimum Gasteiger partial charge on any atom is -0.384 e. The molecule has 0 fully saturated rings. The lowest BCUT2D eigenvalue weighted by atomic mass is 10.2. The second kappa shape index (κ2) is 6.18. The number of nitrogen functional groups attached to an aromatic ring is 1. The van der Waals surface area contributed by atoms with E-state index >= 15 is 0 Å². The maximum Gasteiger partial charge on any atom is 0.163 e. The van der Waals surface area contributed by atoms with Crippen molar-refractivity contribution in [3.05, 3.63) is 36.4 Å². The topological polar surface area (TPSA) is 63.8 Å². The van der Waals surface area contributed by atoms with Crippen molar-refractivity contribution < 1.29 is 0 Å². The molecule has 1 heterocycles. The monoisotopic (exact) mass is 256 g/mol. The molecule has 4 nitrogen and oxygen atoms in total. The fourth-order valence-corrected chi connectivity index (χ4v) is 2.01. The van der Waals surface area contributed by atoms with Crippen molar-refractivity contribution >= 4 is 11.6 Å². The molecular formula is C15H20N4. The predicted molar refractivity (Wildman–Crippen MR) is 79.9 cm³/mol. The molecule has 19 heavy (non-hydrogen) atoms. The van der Waals surface area contributed by atoms with E-state index < -0.39 is 0 Å². The second-order valence-electron chi connectivity index (χ2n) is 4.70.